The molecular weight excluding hydrogens is 318 g/mol. The Kier molecular flexibility index (Phi) is 4.41. The molecule has 1 aromatic rings. The lowest BCUT2D eigenvalue weighted by Crippen LogP contribution is -2.24. The van der Waals surface area contributed by atoms with Crippen molar-refractivity contribution in [2.75, 3.05) is 14.2 Å². The number of esters is 1. The number of hydrogen-bond acceptors (Lipinski definition) is 6. The van der Waals surface area contributed by atoms with Crippen LogP contribution >= 0.6 is 0 Å². The summed E-state index contributed by atoms with van der Waals surface area (Å²) in [6.45, 7) is 1.44. The SMILES string of the molecule is COC(=O)c1c2c(n(C)c1C=CC(=O)O)C(=O)C(C)=C(OC)C2=O. The summed E-state index contributed by atoms with van der Waals surface area (Å²) in [5, 5.41) is 8.81. The number of nitrogens with zero attached hydrogens (tertiary/aromatic N) is 1. The summed E-state index contributed by atoms with van der Waals surface area (Å²) in [6.07, 6.45) is 1.94. The van der Waals surface area contributed by atoms with Crippen molar-refractivity contribution in [1.82, 2.24) is 4.57 Å². The van der Waals surface area contributed by atoms with Gasteiger partial charge in [-0.1, -0.05) is 0 Å². The molecule has 0 aromatic carbocycles. The first-order chi connectivity index (χ1) is 11.3. The topological polar surface area (TPSA) is 112 Å². The first-order valence-corrected chi connectivity index (χ1v) is 6.82. The first-order valence-electron chi connectivity index (χ1n) is 6.82. The molecule has 0 saturated carbocycles. The smallest absolute Gasteiger partial charge is 0.340 e. The molecule has 2 rings (SSSR count). The molecule has 126 valence electrons. The van der Waals surface area contributed by atoms with Crippen LogP contribution in [0.5, 0.6) is 0 Å². The van der Waals surface area contributed by atoms with Crippen LogP contribution in [0.25, 0.3) is 6.08 Å². The molecule has 0 radical (unpaired) electrons. The lowest BCUT2D eigenvalue weighted by Gasteiger charge is -2.16. The largest absolute Gasteiger partial charge is 0.492 e. The van der Waals surface area contributed by atoms with E-state index in [1.165, 1.54) is 25.6 Å². The fraction of sp³-hybridized carbons (Fsp3) is 0.250. The third kappa shape index (κ3) is 2.41. The summed E-state index contributed by atoms with van der Waals surface area (Å²) < 4.78 is 11.0. The van der Waals surface area contributed by atoms with E-state index in [0.29, 0.717) is 0 Å². The molecule has 0 amide bonds. The molecule has 0 atom stereocenters. The van der Waals surface area contributed by atoms with Gasteiger partial charge in [0.15, 0.2) is 5.76 Å². The molecule has 8 heteroatoms. The zero-order valence-electron chi connectivity index (χ0n) is 13.5. The van der Waals surface area contributed by atoms with Gasteiger partial charge in [0.05, 0.1) is 31.0 Å². The molecule has 0 spiro atoms. The minimum Gasteiger partial charge on any atom is -0.492 e. The number of carboxylic acids is 1. The van der Waals surface area contributed by atoms with E-state index in [9.17, 15) is 19.2 Å². The number of hydrogen-bond donors (Lipinski definition) is 1. The van der Waals surface area contributed by atoms with Crippen LogP contribution in [-0.4, -0.2) is 47.4 Å². The van der Waals surface area contributed by atoms with Crippen molar-refractivity contribution in [3.63, 3.8) is 0 Å². The van der Waals surface area contributed by atoms with Crippen LogP contribution < -0.4 is 0 Å². The normalized spacial score (nSPS) is 14.2. The summed E-state index contributed by atoms with van der Waals surface area (Å²) >= 11 is 0. The van der Waals surface area contributed by atoms with E-state index in [2.05, 4.69) is 4.74 Å². The molecule has 1 aliphatic carbocycles. The van der Waals surface area contributed by atoms with Gasteiger partial charge in [0.2, 0.25) is 11.6 Å². The van der Waals surface area contributed by atoms with Crippen LogP contribution in [0.15, 0.2) is 17.4 Å². The number of allylic oxidation sites excluding steroid dienone is 2. The molecule has 0 saturated heterocycles. The quantitative estimate of drug-likeness (QED) is 0.651. The summed E-state index contributed by atoms with van der Waals surface area (Å²) in [5.41, 5.74) is -0.139. The molecule has 1 aromatic heterocycles. The van der Waals surface area contributed by atoms with Crippen molar-refractivity contribution in [3.8, 4) is 0 Å². The second-order valence-electron chi connectivity index (χ2n) is 5.02. The van der Waals surface area contributed by atoms with Gasteiger partial charge in [-0.15, -0.1) is 0 Å². The van der Waals surface area contributed by atoms with E-state index in [4.69, 9.17) is 9.84 Å². The highest BCUT2D eigenvalue weighted by Gasteiger charge is 2.40. The van der Waals surface area contributed by atoms with Crippen LogP contribution in [0.2, 0.25) is 0 Å². The second kappa shape index (κ2) is 6.15. The van der Waals surface area contributed by atoms with Crippen molar-refractivity contribution in [2.45, 2.75) is 6.92 Å². The molecular formula is C16H15NO7. The van der Waals surface area contributed by atoms with Crippen LogP contribution in [-0.2, 0) is 21.3 Å². The molecule has 1 aliphatic rings. The third-order valence-corrected chi connectivity index (χ3v) is 3.75. The zero-order valence-corrected chi connectivity index (χ0v) is 13.5. The van der Waals surface area contributed by atoms with Gasteiger partial charge in [0.25, 0.3) is 0 Å². The number of carboxylic acid groups (broad SMARTS) is 1. The molecule has 1 heterocycles. The lowest BCUT2D eigenvalue weighted by atomic mass is 9.91. The Balaban J connectivity index is 2.87. The molecule has 8 nitrogen and oxygen atoms in total. The van der Waals surface area contributed by atoms with Gasteiger partial charge in [-0.3, -0.25) is 9.59 Å². The maximum absolute atomic E-state index is 12.7. The highest BCUT2D eigenvalue weighted by molar-refractivity contribution is 6.28. The van der Waals surface area contributed by atoms with E-state index in [0.717, 1.165) is 19.3 Å². The minimum atomic E-state index is -1.24. The van der Waals surface area contributed by atoms with Crippen molar-refractivity contribution in [3.05, 3.63) is 39.9 Å². The number of rotatable bonds is 4. The Morgan fingerprint density at radius 1 is 1.17 bits per heavy atom. The second-order valence-corrected chi connectivity index (χ2v) is 5.02. The Morgan fingerprint density at radius 3 is 2.29 bits per heavy atom. The van der Waals surface area contributed by atoms with E-state index in [1.54, 1.807) is 0 Å². The number of fused-ring (bicyclic) bond motifs is 1. The molecule has 0 fully saturated rings. The Labute approximate surface area is 137 Å². The van der Waals surface area contributed by atoms with Gasteiger partial charge < -0.3 is 19.1 Å². The van der Waals surface area contributed by atoms with Crippen LogP contribution in [0.3, 0.4) is 0 Å². The number of aliphatic carboxylic acids is 1. The van der Waals surface area contributed by atoms with Gasteiger partial charge in [-0.25, -0.2) is 9.59 Å². The Bertz CT molecular complexity index is 839. The number of Topliss-reactive ketones (excluding diaryl/α,β-unsaturated/α-hetero) is 2. The van der Waals surface area contributed by atoms with Crippen molar-refractivity contribution >= 4 is 29.6 Å². The summed E-state index contributed by atoms with van der Waals surface area (Å²) in [7, 11) is 3.84. The van der Waals surface area contributed by atoms with Crippen molar-refractivity contribution in [1.29, 1.82) is 0 Å². The third-order valence-electron chi connectivity index (χ3n) is 3.75. The summed E-state index contributed by atoms with van der Waals surface area (Å²) in [5.74, 6) is -3.36. The van der Waals surface area contributed by atoms with E-state index < -0.39 is 23.5 Å². The van der Waals surface area contributed by atoms with Crippen LogP contribution in [0.4, 0.5) is 0 Å². The fourth-order valence-corrected chi connectivity index (χ4v) is 2.65. The number of methoxy groups -OCH3 is 2. The Hall–Kier alpha value is -3.16. The van der Waals surface area contributed by atoms with Gasteiger partial charge in [0.1, 0.15) is 5.69 Å². The zero-order chi connectivity index (χ0) is 18.2. The van der Waals surface area contributed by atoms with E-state index in [1.807, 2.05) is 0 Å². The predicted octanol–water partition coefficient (Wildman–Crippen LogP) is 1.21. The maximum Gasteiger partial charge on any atom is 0.340 e. The highest BCUT2D eigenvalue weighted by Crippen LogP contribution is 2.33. The monoisotopic (exact) mass is 333 g/mol. The van der Waals surface area contributed by atoms with Crippen molar-refractivity contribution in [2.24, 2.45) is 7.05 Å². The Morgan fingerprint density at radius 2 is 1.79 bits per heavy atom. The van der Waals surface area contributed by atoms with Gasteiger partial charge >= 0.3 is 11.9 Å². The van der Waals surface area contributed by atoms with Gasteiger partial charge in [0, 0.05) is 18.7 Å². The van der Waals surface area contributed by atoms with Gasteiger partial charge in [-0.2, -0.15) is 0 Å². The van der Waals surface area contributed by atoms with Crippen LogP contribution in [0, 0.1) is 0 Å². The van der Waals surface area contributed by atoms with Gasteiger partial charge in [-0.05, 0) is 13.0 Å². The van der Waals surface area contributed by atoms with Crippen molar-refractivity contribution < 1.29 is 33.8 Å². The average Bonchev–Trinajstić information content (AvgIpc) is 2.83. The number of ether oxygens (including phenoxy) is 2. The summed E-state index contributed by atoms with van der Waals surface area (Å²) in [6, 6.07) is 0. The van der Waals surface area contributed by atoms with E-state index in [-0.39, 0.29) is 33.8 Å². The number of carbonyl (C=O) groups excluding carboxylic acids is 3. The fourth-order valence-electron chi connectivity index (χ4n) is 2.65. The molecule has 0 unspecified atom stereocenters. The number of carbonyl (C=O) groups is 4. The first kappa shape index (κ1) is 17.2. The standard InChI is InChI=1S/C16H15NO7/c1-7-13(20)12-11(14(21)15(7)23-3)10(16(22)24-4)8(17(12)2)5-6-9(18)19/h5-6H,1-4H3,(H,18,19). The number of ketones is 2. The summed E-state index contributed by atoms with van der Waals surface area (Å²) in [4.78, 5) is 48.2. The minimum absolute atomic E-state index is 0.0104. The molecule has 1 N–H and O–H groups in total. The molecule has 0 aliphatic heterocycles. The molecule has 0 bridgehead atoms. The molecule has 24 heavy (non-hydrogen) atoms. The predicted molar refractivity (Wildman–Crippen MR) is 81.8 cm³/mol. The van der Waals surface area contributed by atoms with E-state index >= 15 is 0 Å². The number of aromatic nitrogens is 1. The maximum atomic E-state index is 12.7. The van der Waals surface area contributed by atoms with Crippen LogP contribution in [0.1, 0.15) is 43.8 Å². The average molecular weight is 333 g/mol. The lowest BCUT2D eigenvalue weighted by molar-refractivity contribution is -0.131. The highest BCUT2D eigenvalue weighted by atomic mass is 16.5.